The Hall–Kier alpha value is -0.480. The van der Waals surface area contributed by atoms with Gasteiger partial charge in [0.25, 0.3) is 0 Å². The van der Waals surface area contributed by atoms with E-state index in [9.17, 15) is 0 Å². The molecule has 0 aromatic rings. The van der Waals surface area contributed by atoms with Crippen LogP contribution < -0.4 is 0 Å². The van der Waals surface area contributed by atoms with Crippen molar-refractivity contribution in [2.24, 2.45) is 0 Å². The molecule has 0 radical (unpaired) electrons. The number of unbranched alkanes of at least 4 members (excludes halogenated alkanes) is 2. The van der Waals surface area contributed by atoms with E-state index in [1.165, 1.54) is 12.8 Å². The molecule has 0 saturated carbocycles. The topological polar surface area (TPSA) is 38.7 Å². The van der Waals surface area contributed by atoms with Gasteiger partial charge in [-0.3, -0.25) is 0 Å². The molecule has 3 nitrogen and oxygen atoms in total. The van der Waals surface area contributed by atoms with Crippen molar-refractivity contribution >= 4 is 15.9 Å². The number of hydrogen-bond donors (Lipinski definition) is 1. The van der Waals surface area contributed by atoms with Crippen LogP contribution in [0.2, 0.25) is 0 Å². The summed E-state index contributed by atoms with van der Waals surface area (Å²) in [7, 11) is 0. The van der Waals surface area contributed by atoms with Gasteiger partial charge in [-0.15, -0.1) is 0 Å². The monoisotopic (exact) mass is 276 g/mol. The molecular weight excluding hydrogens is 260 g/mol. The highest BCUT2D eigenvalue weighted by molar-refractivity contribution is 9.09. The average molecular weight is 277 g/mol. The average Bonchev–Trinajstić information content (AvgIpc) is 2.30. The summed E-state index contributed by atoms with van der Waals surface area (Å²) in [5, 5.41) is 9.85. The number of rotatable bonds is 7. The molecule has 0 saturated heterocycles. The third-order valence-corrected chi connectivity index (χ3v) is 2.62. The largest absolute Gasteiger partial charge is 0.490 e. The van der Waals surface area contributed by atoms with Gasteiger partial charge in [0.1, 0.15) is 12.4 Å². The minimum Gasteiger partial charge on any atom is -0.490 e. The number of hydrogen-bond acceptors (Lipinski definition) is 3. The fraction of sp³-hybridized carbons (Fsp3) is 0.636. The maximum Gasteiger partial charge on any atom is 0.153 e. The third kappa shape index (κ3) is 5.23. The van der Waals surface area contributed by atoms with Crippen LogP contribution in [0.5, 0.6) is 0 Å². The number of halogens is 1. The summed E-state index contributed by atoms with van der Waals surface area (Å²) < 4.78 is 10.7. The quantitative estimate of drug-likeness (QED) is 0.573. The van der Waals surface area contributed by atoms with Gasteiger partial charge in [0.2, 0.25) is 0 Å². The Kier molecular flexibility index (Phi) is 6.52. The first-order valence-corrected chi connectivity index (χ1v) is 6.32. The summed E-state index contributed by atoms with van der Waals surface area (Å²) in [4.78, 5) is 0. The van der Waals surface area contributed by atoms with Gasteiger partial charge in [-0.05, 0) is 31.4 Å². The fourth-order valence-electron chi connectivity index (χ4n) is 1.19. The Bertz CT molecular complexity index is 226. The van der Waals surface area contributed by atoms with Crippen LogP contribution in [-0.4, -0.2) is 29.8 Å². The number of allylic oxidation sites excluding steroid dienone is 1. The molecule has 0 aliphatic carbocycles. The summed E-state index contributed by atoms with van der Waals surface area (Å²) in [6.07, 6.45) is 8.39. The van der Waals surface area contributed by atoms with E-state index in [0.717, 1.165) is 24.1 Å². The summed E-state index contributed by atoms with van der Waals surface area (Å²) >= 11 is 3.39. The van der Waals surface area contributed by atoms with Gasteiger partial charge in [-0.1, -0.05) is 15.9 Å². The van der Waals surface area contributed by atoms with Crippen molar-refractivity contribution < 1.29 is 14.6 Å². The fourth-order valence-corrected chi connectivity index (χ4v) is 1.59. The standard InChI is InChI=1S/C11H17BrO3/c12-6-2-1-3-7-14-11-5-4-10(8-13)15-9-11/h4-5,9-10,13H,1-3,6-8H2. The minimum absolute atomic E-state index is 0.00549. The molecule has 86 valence electrons. The smallest absolute Gasteiger partial charge is 0.153 e. The van der Waals surface area contributed by atoms with E-state index in [1.807, 2.05) is 6.08 Å². The maximum absolute atomic E-state index is 8.80. The molecule has 4 heteroatoms. The summed E-state index contributed by atoms with van der Waals surface area (Å²) in [5.74, 6) is 0.735. The molecule has 0 aromatic carbocycles. The lowest BCUT2D eigenvalue weighted by molar-refractivity contribution is 0.0936. The molecule has 15 heavy (non-hydrogen) atoms. The number of aliphatic hydroxyl groups is 1. The van der Waals surface area contributed by atoms with Crippen LogP contribution in [-0.2, 0) is 9.47 Å². The normalized spacial score (nSPS) is 19.6. The molecule has 0 aromatic heterocycles. The zero-order valence-electron chi connectivity index (χ0n) is 8.69. The summed E-state index contributed by atoms with van der Waals surface area (Å²) in [6.45, 7) is 0.724. The molecule has 0 bridgehead atoms. The van der Waals surface area contributed by atoms with Gasteiger partial charge in [0.05, 0.1) is 13.2 Å². The van der Waals surface area contributed by atoms with E-state index < -0.39 is 0 Å². The maximum atomic E-state index is 8.80. The Morgan fingerprint density at radius 3 is 2.87 bits per heavy atom. The molecule has 0 spiro atoms. The van der Waals surface area contributed by atoms with E-state index in [-0.39, 0.29) is 12.7 Å². The lowest BCUT2D eigenvalue weighted by Crippen LogP contribution is -2.14. The lowest BCUT2D eigenvalue weighted by Gasteiger charge is -2.16. The molecule has 1 atom stereocenters. The Morgan fingerprint density at radius 2 is 2.27 bits per heavy atom. The Labute approximate surface area is 98.9 Å². The van der Waals surface area contributed by atoms with Gasteiger partial charge >= 0.3 is 0 Å². The van der Waals surface area contributed by atoms with Crippen LogP contribution in [0.15, 0.2) is 24.2 Å². The Morgan fingerprint density at radius 1 is 1.40 bits per heavy atom. The Balaban J connectivity index is 2.08. The highest BCUT2D eigenvalue weighted by Crippen LogP contribution is 2.11. The van der Waals surface area contributed by atoms with E-state index in [2.05, 4.69) is 15.9 Å². The molecule has 0 amide bonds. The van der Waals surface area contributed by atoms with Crippen LogP contribution in [0.4, 0.5) is 0 Å². The molecule has 0 fully saturated rings. The summed E-state index contributed by atoms with van der Waals surface area (Å²) in [5.41, 5.74) is 0. The first-order chi connectivity index (χ1) is 7.36. The van der Waals surface area contributed by atoms with Crippen LogP contribution in [0.3, 0.4) is 0 Å². The molecule has 1 unspecified atom stereocenters. The molecule has 1 aliphatic heterocycles. The lowest BCUT2D eigenvalue weighted by atomic mass is 10.2. The van der Waals surface area contributed by atoms with Crippen molar-refractivity contribution in [2.45, 2.75) is 25.4 Å². The molecule has 1 rings (SSSR count). The second kappa shape index (κ2) is 7.77. The highest BCUT2D eigenvalue weighted by Gasteiger charge is 2.08. The van der Waals surface area contributed by atoms with Crippen LogP contribution in [0, 0.1) is 0 Å². The van der Waals surface area contributed by atoms with Gasteiger partial charge in [-0.2, -0.15) is 0 Å². The number of ether oxygens (including phenoxy) is 2. The van der Waals surface area contributed by atoms with Crippen molar-refractivity contribution in [1.82, 2.24) is 0 Å². The predicted molar refractivity (Wildman–Crippen MR) is 62.8 cm³/mol. The number of alkyl halides is 1. The van der Waals surface area contributed by atoms with Gasteiger partial charge in [-0.25, -0.2) is 0 Å². The second-order valence-electron chi connectivity index (χ2n) is 3.33. The SMILES string of the molecule is OCC1C=CC(OCCCCCBr)=CO1. The van der Waals surface area contributed by atoms with Crippen LogP contribution >= 0.6 is 15.9 Å². The highest BCUT2D eigenvalue weighted by atomic mass is 79.9. The summed E-state index contributed by atoms with van der Waals surface area (Å²) in [6, 6.07) is 0. The zero-order chi connectivity index (χ0) is 10.9. The van der Waals surface area contributed by atoms with Crippen molar-refractivity contribution in [1.29, 1.82) is 0 Å². The molecule has 1 heterocycles. The van der Waals surface area contributed by atoms with Crippen molar-refractivity contribution in [3.05, 3.63) is 24.2 Å². The van der Waals surface area contributed by atoms with Gasteiger partial charge < -0.3 is 14.6 Å². The molecule has 1 aliphatic rings. The van der Waals surface area contributed by atoms with Crippen molar-refractivity contribution in [3.63, 3.8) is 0 Å². The van der Waals surface area contributed by atoms with Crippen molar-refractivity contribution in [2.75, 3.05) is 18.5 Å². The first kappa shape index (κ1) is 12.6. The van der Waals surface area contributed by atoms with Gasteiger partial charge in [0, 0.05) is 5.33 Å². The van der Waals surface area contributed by atoms with E-state index in [1.54, 1.807) is 12.3 Å². The second-order valence-corrected chi connectivity index (χ2v) is 4.13. The minimum atomic E-state index is -0.217. The van der Waals surface area contributed by atoms with E-state index >= 15 is 0 Å². The first-order valence-electron chi connectivity index (χ1n) is 5.20. The van der Waals surface area contributed by atoms with Crippen LogP contribution in [0.1, 0.15) is 19.3 Å². The predicted octanol–water partition coefficient (Wildman–Crippen LogP) is 2.36. The third-order valence-electron chi connectivity index (χ3n) is 2.06. The van der Waals surface area contributed by atoms with Gasteiger partial charge in [0.15, 0.2) is 5.76 Å². The molecular formula is C11H17BrO3. The van der Waals surface area contributed by atoms with E-state index in [4.69, 9.17) is 14.6 Å². The zero-order valence-corrected chi connectivity index (χ0v) is 10.3. The van der Waals surface area contributed by atoms with Crippen LogP contribution in [0.25, 0.3) is 0 Å². The van der Waals surface area contributed by atoms with Crippen molar-refractivity contribution in [3.8, 4) is 0 Å². The van der Waals surface area contributed by atoms with E-state index in [0.29, 0.717) is 0 Å². The number of aliphatic hydroxyl groups excluding tert-OH is 1. The molecule has 1 N–H and O–H groups in total.